The molecule has 1 aromatic heterocycles. The Labute approximate surface area is 190 Å². The number of nitrogens with zero attached hydrogens (tertiary/aromatic N) is 2. The highest BCUT2D eigenvalue weighted by molar-refractivity contribution is 7.12. The molecular formula is C27H20N2O2S. The molecule has 5 heteroatoms. The van der Waals surface area contributed by atoms with Crippen molar-refractivity contribution in [3.63, 3.8) is 0 Å². The Balaban J connectivity index is 1.35. The molecular weight excluding hydrogens is 416 g/mol. The van der Waals surface area contributed by atoms with Gasteiger partial charge in [-0.1, -0.05) is 78.9 Å². The molecule has 0 aliphatic carbocycles. The topological polar surface area (TPSA) is 41.9 Å². The van der Waals surface area contributed by atoms with E-state index in [-0.39, 0.29) is 11.8 Å². The lowest BCUT2D eigenvalue weighted by molar-refractivity contribution is -0.00455. The van der Waals surface area contributed by atoms with Gasteiger partial charge >= 0.3 is 0 Å². The van der Waals surface area contributed by atoms with Crippen LogP contribution in [-0.2, 0) is 0 Å². The van der Waals surface area contributed by atoms with E-state index in [0.29, 0.717) is 5.56 Å². The summed E-state index contributed by atoms with van der Waals surface area (Å²) in [5, 5.41) is 8.76. The van der Waals surface area contributed by atoms with Gasteiger partial charge in [-0.3, -0.25) is 4.79 Å². The van der Waals surface area contributed by atoms with Crippen LogP contribution in [0.4, 0.5) is 0 Å². The Kier molecular flexibility index (Phi) is 4.62. The van der Waals surface area contributed by atoms with Gasteiger partial charge < -0.3 is 4.74 Å². The maximum absolute atomic E-state index is 13.6. The van der Waals surface area contributed by atoms with E-state index in [9.17, 15) is 4.79 Å². The zero-order chi connectivity index (χ0) is 21.5. The molecule has 0 saturated heterocycles. The van der Waals surface area contributed by atoms with Crippen LogP contribution in [0, 0.1) is 0 Å². The molecule has 0 amide bonds. The average molecular weight is 437 g/mol. The number of hydrazone groups is 1. The number of hydrogen-bond donors (Lipinski definition) is 0. The van der Waals surface area contributed by atoms with Gasteiger partial charge in [-0.2, -0.15) is 5.10 Å². The van der Waals surface area contributed by atoms with Gasteiger partial charge in [0.2, 0.25) is 5.78 Å². The van der Waals surface area contributed by atoms with Crippen LogP contribution < -0.4 is 4.74 Å². The van der Waals surface area contributed by atoms with Crippen LogP contribution in [-0.4, -0.2) is 22.7 Å². The van der Waals surface area contributed by atoms with E-state index < -0.39 is 6.23 Å². The van der Waals surface area contributed by atoms with E-state index in [1.165, 1.54) is 0 Å². The Morgan fingerprint density at radius 1 is 0.875 bits per heavy atom. The molecule has 0 radical (unpaired) electrons. The van der Waals surface area contributed by atoms with E-state index in [2.05, 4.69) is 29.6 Å². The summed E-state index contributed by atoms with van der Waals surface area (Å²) in [6.07, 6.45) is -0.0209. The van der Waals surface area contributed by atoms with Crippen molar-refractivity contribution in [3.8, 4) is 16.9 Å². The number of ketones is 1. The van der Waals surface area contributed by atoms with Gasteiger partial charge in [-0.15, -0.1) is 11.3 Å². The number of fused-ring (bicyclic) bond motifs is 3. The molecule has 0 N–H and O–H groups in total. The molecule has 3 aromatic carbocycles. The normalized spacial score (nSPS) is 19.0. The van der Waals surface area contributed by atoms with Crippen molar-refractivity contribution < 1.29 is 9.53 Å². The van der Waals surface area contributed by atoms with Crippen molar-refractivity contribution in [1.29, 1.82) is 0 Å². The van der Waals surface area contributed by atoms with Crippen molar-refractivity contribution >= 4 is 22.8 Å². The molecule has 32 heavy (non-hydrogen) atoms. The average Bonchev–Trinajstić information content (AvgIpc) is 3.54. The summed E-state index contributed by atoms with van der Waals surface area (Å²) in [6.45, 7) is 0. The van der Waals surface area contributed by atoms with Gasteiger partial charge in [-0.25, -0.2) is 5.01 Å². The number of Topliss-reactive ketones (excluding diaryl/α,β-unsaturated/α-hetero) is 1. The number of benzene rings is 3. The number of carbonyl (C=O) groups excluding carboxylic acids is 1. The van der Waals surface area contributed by atoms with Crippen LogP contribution >= 0.6 is 11.3 Å². The first-order chi connectivity index (χ1) is 15.8. The molecule has 2 atom stereocenters. The van der Waals surface area contributed by atoms with Crippen LogP contribution in [0.5, 0.6) is 5.75 Å². The standard InChI is InChI=1S/C27H20N2O2S/c30-26(20-14-12-19(13-15-20)18-7-2-1-3-8-18)27-29-23(21-9-4-5-10-24(21)31-27)17-22(28-29)25-11-6-16-32-25/h1-16,23,27H,17H2/t23-,27-/m0/s1. The smallest absolute Gasteiger partial charge is 0.251 e. The monoisotopic (exact) mass is 436 g/mol. The van der Waals surface area contributed by atoms with E-state index in [0.717, 1.165) is 39.4 Å². The molecule has 0 unspecified atom stereocenters. The molecule has 0 bridgehead atoms. The Morgan fingerprint density at radius 3 is 2.41 bits per heavy atom. The van der Waals surface area contributed by atoms with Gasteiger partial charge in [0.1, 0.15) is 5.75 Å². The lowest BCUT2D eigenvalue weighted by atomic mass is 9.97. The molecule has 0 saturated carbocycles. The van der Waals surface area contributed by atoms with Gasteiger partial charge in [0, 0.05) is 17.5 Å². The number of hydrogen-bond acceptors (Lipinski definition) is 5. The fraction of sp³-hybridized carbons (Fsp3) is 0.111. The highest BCUT2D eigenvalue weighted by atomic mass is 32.1. The summed E-state index contributed by atoms with van der Waals surface area (Å²) in [5.41, 5.74) is 4.90. The van der Waals surface area contributed by atoms with Gasteiger partial charge in [0.15, 0.2) is 0 Å². The lowest BCUT2D eigenvalue weighted by Crippen LogP contribution is -2.45. The molecule has 2 aliphatic heterocycles. The molecule has 0 spiro atoms. The van der Waals surface area contributed by atoms with Crippen molar-refractivity contribution in [2.24, 2.45) is 5.10 Å². The number of rotatable bonds is 4. The Hall–Kier alpha value is -3.70. The summed E-state index contributed by atoms with van der Waals surface area (Å²) in [4.78, 5) is 14.7. The summed E-state index contributed by atoms with van der Waals surface area (Å²) in [6, 6.07) is 29.9. The minimum absolute atomic E-state index is 0.00501. The predicted octanol–water partition coefficient (Wildman–Crippen LogP) is 6.17. The lowest BCUT2D eigenvalue weighted by Gasteiger charge is -2.37. The second-order valence-electron chi connectivity index (χ2n) is 7.94. The summed E-state index contributed by atoms with van der Waals surface area (Å²) < 4.78 is 6.22. The highest BCUT2D eigenvalue weighted by Crippen LogP contribution is 2.43. The van der Waals surface area contributed by atoms with Crippen molar-refractivity contribution in [1.82, 2.24) is 5.01 Å². The Bertz CT molecular complexity index is 1300. The molecule has 0 fully saturated rings. The molecule has 3 heterocycles. The maximum atomic E-state index is 13.6. The van der Waals surface area contributed by atoms with Gasteiger partial charge in [-0.05, 0) is 28.6 Å². The molecule has 156 valence electrons. The summed E-state index contributed by atoms with van der Waals surface area (Å²) in [7, 11) is 0. The van der Waals surface area contributed by atoms with Gasteiger partial charge in [0.05, 0.1) is 16.6 Å². The fourth-order valence-electron chi connectivity index (χ4n) is 4.40. The SMILES string of the molecule is O=C(c1ccc(-c2ccccc2)cc1)[C@@H]1Oc2ccccc2[C@@H]2CC(c3cccs3)=NN12. The van der Waals surface area contributed by atoms with Crippen LogP contribution in [0.1, 0.15) is 33.3 Å². The van der Waals surface area contributed by atoms with Crippen molar-refractivity contribution in [3.05, 3.63) is 112 Å². The quantitative estimate of drug-likeness (QED) is 0.359. The number of carbonyl (C=O) groups is 1. The third kappa shape index (κ3) is 3.22. The van der Waals surface area contributed by atoms with E-state index >= 15 is 0 Å². The second-order valence-corrected chi connectivity index (χ2v) is 8.89. The summed E-state index contributed by atoms with van der Waals surface area (Å²) >= 11 is 1.67. The number of para-hydroxylation sites is 1. The summed E-state index contributed by atoms with van der Waals surface area (Å²) in [5.74, 6) is 0.677. The third-order valence-electron chi connectivity index (χ3n) is 6.01. The zero-order valence-corrected chi connectivity index (χ0v) is 18.0. The van der Waals surface area contributed by atoms with Crippen LogP contribution in [0.15, 0.2) is 101 Å². The minimum atomic E-state index is -0.782. The van der Waals surface area contributed by atoms with Crippen LogP contribution in [0.3, 0.4) is 0 Å². The molecule has 4 aromatic rings. The number of thiophene rings is 1. The maximum Gasteiger partial charge on any atom is 0.251 e. The third-order valence-corrected chi connectivity index (χ3v) is 6.92. The van der Waals surface area contributed by atoms with E-state index in [1.54, 1.807) is 11.3 Å². The largest absolute Gasteiger partial charge is 0.461 e. The second kappa shape index (κ2) is 7.77. The van der Waals surface area contributed by atoms with Gasteiger partial charge in [0.25, 0.3) is 6.23 Å². The highest BCUT2D eigenvalue weighted by Gasteiger charge is 2.43. The number of ether oxygens (including phenoxy) is 1. The van der Waals surface area contributed by atoms with Crippen LogP contribution in [0.2, 0.25) is 0 Å². The first-order valence-electron chi connectivity index (χ1n) is 10.6. The fourth-order valence-corrected chi connectivity index (χ4v) is 5.12. The first-order valence-corrected chi connectivity index (χ1v) is 11.5. The van der Waals surface area contributed by atoms with Crippen molar-refractivity contribution in [2.75, 3.05) is 0 Å². The molecule has 4 nitrogen and oxygen atoms in total. The molecule has 2 aliphatic rings. The van der Waals surface area contributed by atoms with Crippen LogP contribution in [0.25, 0.3) is 11.1 Å². The first kappa shape index (κ1) is 19.0. The Morgan fingerprint density at radius 2 is 1.62 bits per heavy atom. The van der Waals surface area contributed by atoms with Crippen molar-refractivity contribution in [2.45, 2.75) is 18.7 Å². The zero-order valence-electron chi connectivity index (χ0n) is 17.2. The minimum Gasteiger partial charge on any atom is -0.461 e. The predicted molar refractivity (Wildman–Crippen MR) is 127 cm³/mol. The van der Waals surface area contributed by atoms with E-state index in [1.807, 2.05) is 71.7 Å². The molecule has 6 rings (SSSR count). The van der Waals surface area contributed by atoms with E-state index in [4.69, 9.17) is 9.84 Å².